The van der Waals surface area contributed by atoms with Crippen molar-refractivity contribution in [2.75, 3.05) is 12.0 Å². The molecule has 2 bridgehead atoms. The second kappa shape index (κ2) is 9.31. The number of rotatable bonds is 5. The summed E-state index contributed by atoms with van der Waals surface area (Å²) in [7, 11) is -3.75. The standard InChI is InChI=1S/C27H31N9O4S/c1-41(39,40)22-21(16-10-17-5-6-18(11-16)35(17)26(37)24-30-14-31-34-24)33-25-19(13-32-36(25)23(22)28)15-4-7-20(29-12-15)27(38)8-2-3-9-27/h4,7,12-14,16-18,38H,2-3,5-6,8-11,28H2,1H3,(H,30,31,34)/t16-,17+,18-. The van der Waals surface area contributed by atoms with E-state index in [9.17, 15) is 18.3 Å². The SMILES string of the molecule is CS(=O)(=O)c1c([C@H]2C[C@H]3CC[C@@H](C2)N3C(=O)c2nnc[nH]2)nc2c(-c3ccc(C4(O)CCCC4)nc3)cnn2c1N. The Bertz CT molecular complexity index is 1730. The van der Waals surface area contributed by atoms with E-state index in [-0.39, 0.29) is 40.4 Å². The maximum Gasteiger partial charge on any atom is 0.292 e. The van der Waals surface area contributed by atoms with Crippen LogP contribution in [-0.4, -0.2) is 77.4 Å². The lowest BCUT2D eigenvalue weighted by Crippen LogP contribution is -2.46. The van der Waals surface area contributed by atoms with Gasteiger partial charge in [-0.15, -0.1) is 10.2 Å². The fraction of sp³-hybridized carbons (Fsp3) is 0.481. The van der Waals surface area contributed by atoms with Crippen molar-refractivity contribution in [1.29, 1.82) is 0 Å². The molecule has 13 nitrogen and oxygen atoms in total. The molecule has 4 aromatic rings. The van der Waals surface area contributed by atoms with E-state index in [2.05, 4.69) is 25.3 Å². The van der Waals surface area contributed by atoms with E-state index in [1.165, 1.54) is 10.8 Å². The van der Waals surface area contributed by atoms with Crippen molar-refractivity contribution in [2.24, 2.45) is 0 Å². The Kier molecular flexibility index (Phi) is 5.91. The van der Waals surface area contributed by atoms with Gasteiger partial charge in [-0.1, -0.05) is 18.9 Å². The summed E-state index contributed by atoms with van der Waals surface area (Å²) in [6.07, 6.45) is 11.9. The topological polar surface area (TPSA) is 185 Å². The van der Waals surface area contributed by atoms with Gasteiger partial charge in [0.05, 0.1) is 17.6 Å². The summed E-state index contributed by atoms with van der Waals surface area (Å²) in [6, 6.07) is 3.56. The van der Waals surface area contributed by atoms with Gasteiger partial charge in [0.15, 0.2) is 15.5 Å². The number of hydrogen-bond acceptors (Lipinski definition) is 10. The molecule has 3 fully saturated rings. The molecule has 4 N–H and O–H groups in total. The smallest absolute Gasteiger partial charge is 0.292 e. The molecule has 2 saturated heterocycles. The minimum absolute atomic E-state index is 0.0103. The van der Waals surface area contributed by atoms with Gasteiger partial charge in [0.25, 0.3) is 5.91 Å². The number of nitrogen functional groups attached to an aromatic ring is 1. The summed E-state index contributed by atoms with van der Waals surface area (Å²) in [5.41, 5.74) is 8.49. The van der Waals surface area contributed by atoms with Gasteiger partial charge in [-0.25, -0.2) is 13.4 Å². The van der Waals surface area contributed by atoms with Gasteiger partial charge in [0.2, 0.25) is 5.82 Å². The fourth-order valence-corrected chi connectivity index (χ4v) is 8.15. The first-order valence-electron chi connectivity index (χ1n) is 13.9. The van der Waals surface area contributed by atoms with Crippen LogP contribution >= 0.6 is 0 Å². The number of carbonyl (C=O) groups excluding carboxylic acids is 1. The predicted molar refractivity (Wildman–Crippen MR) is 147 cm³/mol. The Morgan fingerprint density at radius 1 is 1.15 bits per heavy atom. The number of aromatic nitrogens is 7. The summed E-state index contributed by atoms with van der Waals surface area (Å²) >= 11 is 0. The van der Waals surface area contributed by atoms with Crippen molar-refractivity contribution in [3.63, 3.8) is 0 Å². The number of carbonyl (C=O) groups is 1. The zero-order chi connectivity index (χ0) is 28.5. The first-order chi connectivity index (χ1) is 19.6. The second-order valence-electron chi connectivity index (χ2n) is 11.6. The predicted octanol–water partition coefficient (Wildman–Crippen LogP) is 2.21. The van der Waals surface area contributed by atoms with Crippen LogP contribution in [0.3, 0.4) is 0 Å². The summed E-state index contributed by atoms with van der Waals surface area (Å²) < 4.78 is 27.5. The number of fused-ring (bicyclic) bond motifs is 3. The van der Waals surface area contributed by atoms with E-state index in [4.69, 9.17) is 10.7 Å². The van der Waals surface area contributed by atoms with Gasteiger partial charge in [-0.05, 0) is 44.6 Å². The summed E-state index contributed by atoms with van der Waals surface area (Å²) in [5, 5.41) is 23.0. The van der Waals surface area contributed by atoms with Crippen molar-refractivity contribution in [3.8, 4) is 11.1 Å². The van der Waals surface area contributed by atoms with E-state index < -0.39 is 15.4 Å². The van der Waals surface area contributed by atoms with E-state index in [0.717, 1.165) is 37.5 Å². The third-order valence-corrected chi connectivity index (χ3v) is 10.1. The van der Waals surface area contributed by atoms with E-state index in [1.54, 1.807) is 12.4 Å². The molecule has 7 rings (SSSR count). The molecule has 2 aliphatic heterocycles. The van der Waals surface area contributed by atoms with Crippen LogP contribution in [0, 0.1) is 0 Å². The maximum atomic E-state index is 13.1. The number of nitrogens with two attached hydrogens (primary N) is 1. The Hall–Kier alpha value is -3.91. The number of hydrogen-bond donors (Lipinski definition) is 3. The molecule has 1 aliphatic carbocycles. The van der Waals surface area contributed by atoms with Crippen molar-refractivity contribution in [3.05, 3.63) is 48.1 Å². The van der Waals surface area contributed by atoms with E-state index in [1.807, 2.05) is 17.0 Å². The van der Waals surface area contributed by atoms with E-state index in [0.29, 0.717) is 48.3 Å². The number of piperidine rings is 1. The Balaban J connectivity index is 1.28. The van der Waals surface area contributed by atoms with Crippen LogP contribution in [0.15, 0.2) is 35.7 Å². The molecule has 41 heavy (non-hydrogen) atoms. The molecule has 14 heteroatoms. The first kappa shape index (κ1) is 26.0. The van der Waals surface area contributed by atoms with Gasteiger partial charge in [-0.3, -0.25) is 9.78 Å². The van der Waals surface area contributed by atoms with Crippen LogP contribution in [0.25, 0.3) is 16.8 Å². The highest BCUT2D eigenvalue weighted by Crippen LogP contribution is 2.46. The minimum atomic E-state index is -3.75. The van der Waals surface area contributed by atoms with Crippen LogP contribution in [0.4, 0.5) is 5.82 Å². The number of aliphatic hydroxyl groups is 1. The molecule has 1 saturated carbocycles. The molecule has 0 unspecified atom stereocenters. The van der Waals surface area contributed by atoms with E-state index >= 15 is 0 Å². The zero-order valence-corrected chi connectivity index (χ0v) is 23.4. The number of nitrogens with one attached hydrogen (secondary N) is 1. The summed E-state index contributed by atoms with van der Waals surface area (Å²) in [5.74, 6) is -0.209. The Labute approximate surface area is 236 Å². The van der Waals surface area contributed by atoms with Gasteiger partial charge >= 0.3 is 0 Å². The molecule has 214 valence electrons. The highest BCUT2D eigenvalue weighted by molar-refractivity contribution is 7.91. The fourth-order valence-electron chi connectivity index (χ4n) is 7.09. The average molecular weight is 578 g/mol. The third-order valence-electron chi connectivity index (χ3n) is 8.99. The highest BCUT2D eigenvalue weighted by Gasteiger charge is 2.46. The van der Waals surface area contributed by atoms with Crippen LogP contribution < -0.4 is 5.73 Å². The number of pyridine rings is 1. The number of amides is 1. The Morgan fingerprint density at radius 3 is 2.49 bits per heavy atom. The quantitative estimate of drug-likeness (QED) is 0.317. The molecule has 0 radical (unpaired) electrons. The molecular weight excluding hydrogens is 546 g/mol. The minimum Gasteiger partial charge on any atom is -0.384 e. The van der Waals surface area contributed by atoms with Crippen LogP contribution in [0.1, 0.15) is 79.3 Å². The van der Waals surface area contributed by atoms with Crippen LogP contribution in [0.2, 0.25) is 0 Å². The zero-order valence-electron chi connectivity index (χ0n) is 22.6. The first-order valence-corrected chi connectivity index (χ1v) is 15.8. The van der Waals surface area contributed by atoms with Gasteiger partial charge in [0.1, 0.15) is 22.6 Å². The lowest BCUT2D eigenvalue weighted by atomic mass is 9.87. The van der Waals surface area contributed by atoms with Crippen molar-refractivity contribution in [1.82, 2.24) is 39.7 Å². The molecule has 3 aliphatic rings. The molecule has 6 heterocycles. The van der Waals surface area contributed by atoms with Crippen LogP contribution in [0.5, 0.6) is 0 Å². The third kappa shape index (κ3) is 4.19. The molecule has 0 spiro atoms. The molecule has 3 atom stereocenters. The van der Waals surface area contributed by atoms with Crippen molar-refractivity contribution < 1.29 is 18.3 Å². The summed E-state index contributed by atoms with van der Waals surface area (Å²) in [6.45, 7) is 0. The number of anilines is 1. The molecule has 4 aromatic heterocycles. The number of H-pyrrole nitrogens is 1. The average Bonchev–Trinajstić information content (AvgIpc) is 3.75. The number of aromatic amines is 1. The lowest BCUT2D eigenvalue weighted by molar-refractivity contribution is 0.0399. The van der Waals surface area contributed by atoms with Crippen LogP contribution in [-0.2, 0) is 15.4 Å². The van der Waals surface area contributed by atoms with Gasteiger partial charge in [-0.2, -0.15) is 9.61 Å². The largest absolute Gasteiger partial charge is 0.384 e. The Morgan fingerprint density at radius 2 is 1.88 bits per heavy atom. The summed E-state index contributed by atoms with van der Waals surface area (Å²) in [4.78, 5) is 27.3. The normalized spacial score (nSPS) is 23.9. The monoisotopic (exact) mass is 577 g/mol. The highest BCUT2D eigenvalue weighted by atomic mass is 32.2. The molecule has 1 amide bonds. The number of nitrogens with zero attached hydrogens (tertiary/aromatic N) is 7. The number of sulfone groups is 1. The van der Waals surface area contributed by atoms with Gasteiger partial charge in [0, 0.05) is 41.6 Å². The van der Waals surface area contributed by atoms with Gasteiger partial charge < -0.3 is 20.7 Å². The second-order valence-corrected chi connectivity index (χ2v) is 13.5. The maximum absolute atomic E-state index is 13.1. The molecule has 0 aromatic carbocycles. The molecular formula is C27H31N9O4S. The lowest BCUT2D eigenvalue weighted by Gasteiger charge is -2.38. The van der Waals surface area contributed by atoms with Crippen molar-refractivity contribution in [2.45, 2.75) is 79.9 Å². The van der Waals surface area contributed by atoms with Crippen molar-refractivity contribution >= 4 is 27.2 Å².